The van der Waals surface area contributed by atoms with Crippen LogP contribution in [0.3, 0.4) is 0 Å². The Morgan fingerprint density at radius 2 is 2.10 bits per heavy atom. The number of ether oxygens (including phenoxy) is 1. The Labute approximate surface area is 120 Å². The van der Waals surface area contributed by atoms with Crippen LogP contribution in [0.5, 0.6) is 5.75 Å². The largest absolute Gasteiger partial charge is 0.493 e. The van der Waals surface area contributed by atoms with Gasteiger partial charge in [-0.1, -0.05) is 18.8 Å². The van der Waals surface area contributed by atoms with E-state index in [9.17, 15) is 8.42 Å². The fourth-order valence-corrected chi connectivity index (χ4v) is 2.14. The SMILES string of the molecule is CCS(=O)(=O)CCOc1ccc(C#CCCO)c(C)c1. The lowest BCUT2D eigenvalue weighted by molar-refractivity contribution is 0.305. The zero-order valence-corrected chi connectivity index (χ0v) is 12.7. The summed E-state index contributed by atoms with van der Waals surface area (Å²) in [6.07, 6.45) is 0.451. The summed E-state index contributed by atoms with van der Waals surface area (Å²) in [4.78, 5) is 0. The van der Waals surface area contributed by atoms with Crippen molar-refractivity contribution in [1.29, 1.82) is 0 Å². The van der Waals surface area contributed by atoms with Crippen molar-refractivity contribution in [1.82, 2.24) is 0 Å². The standard InChI is InChI=1S/C15H20O4S/c1-3-20(17,18)11-10-19-15-8-7-14(13(2)12-15)6-4-5-9-16/h7-8,12,16H,3,5,9-11H2,1-2H3. The summed E-state index contributed by atoms with van der Waals surface area (Å²) in [6.45, 7) is 3.75. The maximum atomic E-state index is 11.3. The summed E-state index contributed by atoms with van der Waals surface area (Å²) in [5.74, 6) is 6.63. The first-order valence-corrected chi connectivity index (χ1v) is 8.34. The highest BCUT2D eigenvalue weighted by molar-refractivity contribution is 7.91. The van der Waals surface area contributed by atoms with E-state index >= 15 is 0 Å². The van der Waals surface area contributed by atoms with Gasteiger partial charge in [0.05, 0.1) is 12.4 Å². The molecule has 0 aromatic heterocycles. The van der Waals surface area contributed by atoms with Gasteiger partial charge in [-0.15, -0.1) is 0 Å². The summed E-state index contributed by atoms with van der Waals surface area (Å²) in [7, 11) is -2.99. The first-order chi connectivity index (χ1) is 9.48. The lowest BCUT2D eigenvalue weighted by Gasteiger charge is -2.08. The third-order valence-corrected chi connectivity index (χ3v) is 4.43. The molecule has 1 rings (SSSR count). The average molecular weight is 296 g/mol. The van der Waals surface area contributed by atoms with E-state index in [2.05, 4.69) is 11.8 Å². The number of aliphatic hydroxyl groups is 1. The van der Waals surface area contributed by atoms with E-state index in [-0.39, 0.29) is 24.7 Å². The van der Waals surface area contributed by atoms with Gasteiger partial charge in [0.25, 0.3) is 0 Å². The van der Waals surface area contributed by atoms with Gasteiger partial charge < -0.3 is 9.84 Å². The van der Waals surface area contributed by atoms with E-state index in [0.29, 0.717) is 12.2 Å². The quantitative estimate of drug-likeness (QED) is 0.809. The first kappa shape index (κ1) is 16.5. The Hall–Kier alpha value is -1.51. The monoisotopic (exact) mass is 296 g/mol. The summed E-state index contributed by atoms with van der Waals surface area (Å²) >= 11 is 0. The van der Waals surface area contributed by atoms with E-state index in [4.69, 9.17) is 9.84 Å². The number of benzene rings is 1. The van der Waals surface area contributed by atoms with E-state index < -0.39 is 9.84 Å². The zero-order valence-electron chi connectivity index (χ0n) is 11.8. The van der Waals surface area contributed by atoms with Gasteiger partial charge in [0, 0.05) is 17.7 Å². The molecule has 110 valence electrons. The lowest BCUT2D eigenvalue weighted by Crippen LogP contribution is -2.15. The predicted octanol–water partition coefficient (Wildman–Crippen LogP) is 1.54. The lowest BCUT2D eigenvalue weighted by atomic mass is 10.1. The molecule has 0 amide bonds. The van der Waals surface area contributed by atoms with Crippen molar-refractivity contribution in [2.24, 2.45) is 0 Å². The minimum Gasteiger partial charge on any atom is -0.493 e. The highest BCUT2D eigenvalue weighted by Gasteiger charge is 2.07. The topological polar surface area (TPSA) is 63.6 Å². The average Bonchev–Trinajstić information content (AvgIpc) is 2.41. The molecule has 0 fully saturated rings. The molecule has 0 atom stereocenters. The Morgan fingerprint density at radius 3 is 2.70 bits per heavy atom. The van der Waals surface area contributed by atoms with Crippen LogP contribution in [0.4, 0.5) is 0 Å². The molecule has 0 saturated heterocycles. The number of aliphatic hydroxyl groups excluding tert-OH is 1. The van der Waals surface area contributed by atoms with Crippen molar-refractivity contribution in [3.05, 3.63) is 29.3 Å². The van der Waals surface area contributed by atoms with E-state index in [1.54, 1.807) is 13.0 Å². The van der Waals surface area contributed by atoms with E-state index in [0.717, 1.165) is 11.1 Å². The molecule has 0 saturated carbocycles. The molecule has 1 aromatic rings. The third-order valence-electron chi connectivity index (χ3n) is 2.76. The van der Waals surface area contributed by atoms with Gasteiger partial charge >= 0.3 is 0 Å². The molecule has 0 aliphatic carbocycles. The van der Waals surface area contributed by atoms with Gasteiger partial charge in [-0.2, -0.15) is 0 Å². The highest BCUT2D eigenvalue weighted by Crippen LogP contribution is 2.16. The van der Waals surface area contributed by atoms with Gasteiger partial charge in [-0.3, -0.25) is 0 Å². The molecule has 5 heteroatoms. The van der Waals surface area contributed by atoms with Crippen LogP contribution in [0.2, 0.25) is 0 Å². The van der Waals surface area contributed by atoms with Crippen LogP contribution in [-0.4, -0.2) is 38.2 Å². The molecular formula is C15H20O4S. The summed E-state index contributed by atoms with van der Waals surface area (Å²) in [6, 6.07) is 5.44. The molecule has 0 radical (unpaired) electrons. The van der Waals surface area contributed by atoms with Crippen molar-refractivity contribution >= 4 is 9.84 Å². The Morgan fingerprint density at radius 1 is 1.35 bits per heavy atom. The summed E-state index contributed by atoms with van der Waals surface area (Å²) < 4.78 is 28.1. The normalized spacial score (nSPS) is 10.8. The molecule has 0 unspecified atom stereocenters. The predicted molar refractivity (Wildman–Crippen MR) is 79.6 cm³/mol. The maximum Gasteiger partial charge on any atom is 0.153 e. The fraction of sp³-hybridized carbons (Fsp3) is 0.467. The first-order valence-electron chi connectivity index (χ1n) is 6.52. The third kappa shape index (κ3) is 5.64. The van der Waals surface area contributed by atoms with E-state index in [1.165, 1.54) is 0 Å². The number of rotatable bonds is 6. The molecule has 20 heavy (non-hydrogen) atoms. The smallest absolute Gasteiger partial charge is 0.153 e. The van der Waals surface area contributed by atoms with Crippen LogP contribution in [0.25, 0.3) is 0 Å². The molecule has 0 aliphatic rings. The van der Waals surface area contributed by atoms with Crippen LogP contribution in [0.15, 0.2) is 18.2 Å². The van der Waals surface area contributed by atoms with Gasteiger partial charge in [0.15, 0.2) is 9.84 Å². The molecule has 0 spiro atoms. The van der Waals surface area contributed by atoms with Crippen LogP contribution < -0.4 is 4.74 Å². The van der Waals surface area contributed by atoms with Crippen LogP contribution in [0.1, 0.15) is 24.5 Å². The Balaban J connectivity index is 2.62. The fourth-order valence-electron chi connectivity index (χ4n) is 1.51. The summed E-state index contributed by atoms with van der Waals surface area (Å²) in [5, 5.41) is 8.67. The second kappa shape index (κ2) is 7.93. The van der Waals surface area contributed by atoms with Crippen LogP contribution >= 0.6 is 0 Å². The van der Waals surface area contributed by atoms with Gasteiger partial charge in [0.1, 0.15) is 12.4 Å². The maximum absolute atomic E-state index is 11.3. The van der Waals surface area contributed by atoms with Crippen molar-refractivity contribution in [2.45, 2.75) is 20.3 Å². The molecule has 0 heterocycles. The highest BCUT2D eigenvalue weighted by atomic mass is 32.2. The van der Waals surface area contributed by atoms with Crippen molar-refractivity contribution < 1.29 is 18.3 Å². The Bertz CT molecular complexity index is 594. The van der Waals surface area contributed by atoms with Gasteiger partial charge in [-0.05, 0) is 30.7 Å². The molecule has 0 bridgehead atoms. The van der Waals surface area contributed by atoms with E-state index in [1.807, 2.05) is 19.1 Å². The molecule has 4 nitrogen and oxygen atoms in total. The minimum atomic E-state index is -2.99. The van der Waals surface area contributed by atoms with Gasteiger partial charge in [0.2, 0.25) is 0 Å². The number of hydrogen-bond donors (Lipinski definition) is 1. The van der Waals surface area contributed by atoms with Crippen LogP contribution in [0, 0.1) is 18.8 Å². The second-order valence-corrected chi connectivity index (χ2v) is 6.81. The Kier molecular flexibility index (Phi) is 6.56. The summed E-state index contributed by atoms with van der Waals surface area (Å²) in [5.41, 5.74) is 1.85. The second-order valence-electron chi connectivity index (χ2n) is 4.34. The number of aryl methyl sites for hydroxylation is 1. The number of sulfone groups is 1. The van der Waals surface area contributed by atoms with Crippen molar-refractivity contribution in [2.75, 3.05) is 24.7 Å². The zero-order chi connectivity index (χ0) is 15.0. The van der Waals surface area contributed by atoms with Gasteiger partial charge in [-0.25, -0.2) is 8.42 Å². The van der Waals surface area contributed by atoms with Crippen LogP contribution in [-0.2, 0) is 9.84 Å². The molecule has 1 aromatic carbocycles. The van der Waals surface area contributed by atoms with Crippen molar-refractivity contribution in [3.8, 4) is 17.6 Å². The molecule has 1 N–H and O–H groups in total. The van der Waals surface area contributed by atoms with Crippen molar-refractivity contribution in [3.63, 3.8) is 0 Å². The number of hydrogen-bond acceptors (Lipinski definition) is 4. The minimum absolute atomic E-state index is 0.0284. The molecule has 0 aliphatic heterocycles. The molecular weight excluding hydrogens is 276 g/mol.